The molecule has 1 aromatic heterocycles. The molecule has 1 unspecified atom stereocenters. The maximum Gasteiger partial charge on any atom is 0.227 e. The van der Waals surface area contributed by atoms with E-state index in [2.05, 4.69) is 15.6 Å². The summed E-state index contributed by atoms with van der Waals surface area (Å²) in [4.78, 5) is 30.4. The van der Waals surface area contributed by atoms with Gasteiger partial charge in [-0.05, 0) is 43.5 Å². The Balaban J connectivity index is 1.30. The number of halogens is 1. The molecule has 0 fully saturated rings. The fourth-order valence-corrected chi connectivity index (χ4v) is 4.64. The number of nitrogens with one attached hydrogen (secondary N) is 2. The average Bonchev–Trinajstić information content (AvgIpc) is 3.12. The van der Waals surface area contributed by atoms with Crippen LogP contribution in [0.2, 0.25) is 5.02 Å². The number of carbonyl (C=O) groups excluding carboxylic acids is 2. The van der Waals surface area contributed by atoms with E-state index in [0.717, 1.165) is 32.4 Å². The molecule has 1 aliphatic rings. The molecule has 1 atom stereocenters. The fourth-order valence-electron chi connectivity index (χ4n) is 3.62. The summed E-state index contributed by atoms with van der Waals surface area (Å²) in [5.74, 6) is -0.253. The van der Waals surface area contributed by atoms with Gasteiger partial charge in [0.25, 0.3) is 0 Å². The van der Waals surface area contributed by atoms with Crippen molar-refractivity contribution in [1.29, 1.82) is 0 Å². The van der Waals surface area contributed by atoms with E-state index in [-0.39, 0.29) is 17.7 Å². The molecule has 0 bridgehead atoms. The molecule has 154 valence electrons. The molecule has 0 saturated heterocycles. The van der Waals surface area contributed by atoms with E-state index in [0.29, 0.717) is 30.8 Å². The summed E-state index contributed by atoms with van der Waals surface area (Å²) in [7, 11) is 0. The van der Waals surface area contributed by atoms with Crippen LogP contribution < -0.4 is 10.6 Å². The van der Waals surface area contributed by atoms with E-state index < -0.39 is 0 Å². The Kier molecular flexibility index (Phi) is 6.16. The number of thiazole rings is 1. The second-order valence-corrected chi connectivity index (χ2v) is 9.11. The molecule has 0 aliphatic carbocycles. The molecule has 4 rings (SSSR count). The Hall–Kier alpha value is -2.70. The largest absolute Gasteiger partial charge is 0.350 e. The molecule has 3 aromatic rings. The molecule has 7 heteroatoms. The SMILES string of the molecule is Cc1sc(CNC(=O)CCC2Cc3ccccc3NC2=O)nc1-c1ccc(Cl)cc1. The third-order valence-electron chi connectivity index (χ3n) is 5.23. The molecule has 0 spiro atoms. The molecule has 2 aromatic carbocycles. The number of hydrogen-bond donors (Lipinski definition) is 2. The number of anilines is 1. The number of para-hydroxylation sites is 1. The summed E-state index contributed by atoms with van der Waals surface area (Å²) in [5.41, 5.74) is 3.92. The normalized spacial score (nSPS) is 15.4. The lowest BCUT2D eigenvalue weighted by Gasteiger charge is -2.24. The molecule has 2 N–H and O–H groups in total. The molecule has 1 aliphatic heterocycles. The van der Waals surface area contributed by atoms with Gasteiger partial charge in [0.2, 0.25) is 11.8 Å². The number of nitrogens with zero attached hydrogens (tertiary/aromatic N) is 1. The maximum absolute atomic E-state index is 12.3. The zero-order chi connectivity index (χ0) is 21.1. The quantitative estimate of drug-likeness (QED) is 0.569. The molecule has 0 radical (unpaired) electrons. The molecular weight excluding hydrogens is 418 g/mol. The molecular formula is C23H22ClN3O2S. The van der Waals surface area contributed by atoms with Crippen molar-refractivity contribution >= 4 is 40.4 Å². The topological polar surface area (TPSA) is 71.1 Å². The Morgan fingerprint density at radius 3 is 2.80 bits per heavy atom. The van der Waals surface area contributed by atoms with Gasteiger partial charge in [0.05, 0.1) is 12.2 Å². The highest BCUT2D eigenvalue weighted by molar-refractivity contribution is 7.12. The van der Waals surface area contributed by atoms with E-state index in [1.54, 1.807) is 11.3 Å². The second-order valence-electron chi connectivity index (χ2n) is 7.38. The predicted molar refractivity (Wildman–Crippen MR) is 121 cm³/mol. The van der Waals surface area contributed by atoms with Gasteiger partial charge in [-0.25, -0.2) is 4.98 Å². The van der Waals surface area contributed by atoms with Crippen LogP contribution in [0.3, 0.4) is 0 Å². The van der Waals surface area contributed by atoms with Gasteiger partial charge in [-0.2, -0.15) is 0 Å². The van der Waals surface area contributed by atoms with Crippen molar-refractivity contribution in [3.63, 3.8) is 0 Å². The Morgan fingerprint density at radius 2 is 2.00 bits per heavy atom. The first-order valence-electron chi connectivity index (χ1n) is 9.87. The van der Waals surface area contributed by atoms with Crippen molar-refractivity contribution in [2.24, 2.45) is 5.92 Å². The van der Waals surface area contributed by atoms with Gasteiger partial charge in [0, 0.05) is 33.5 Å². The van der Waals surface area contributed by atoms with Crippen molar-refractivity contribution in [3.05, 3.63) is 69.0 Å². The van der Waals surface area contributed by atoms with Crippen LogP contribution in [0, 0.1) is 12.8 Å². The van der Waals surface area contributed by atoms with Crippen LogP contribution in [0.1, 0.15) is 28.3 Å². The first-order valence-corrected chi connectivity index (χ1v) is 11.1. The average molecular weight is 440 g/mol. The van der Waals surface area contributed by atoms with Crippen LogP contribution in [0.15, 0.2) is 48.5 Å². The summed E-state index contributed by atoms with van der Waals surface area (Å²) in [6.45, 7) is 2.41. The van der Waals surface area contributed by atoms with Crippen molar-refractivity contribution in [3.8, 4) is 11.3 Å². The highest BCUT2D eigenvalue weighted by atomic mass is 35.5. The summed E-state index contributed by atoms with van der Waals surface area (Å²) in [5, 5.41) is 7.41. The first kappa shape index (κ1) is 20.6. The van der Waals surface area contributed by atoms with Crippen LogP contribution in [-0.2, 0) is 22.6 Å². The molecule has 5 nitrogen and oxygen atoms in total. The standard InChI is InChI=1S/C23H22ClN3O2S/c1-14-22(15-6-9-18(24)10-7-15)27-21(30-14)13-25-20(28)11-8-17-12-16-4-2-3-5-19(16)26-23(17)29/h2-7,9-10,17H,8,11-13H2,1H3,(H,25,28)(H,26,29). The van der Waals surface area contributed by atoms with Crippen molar-refractivity contribution in [2.75, 3.05) is 5.32 Å². The van der Waals surface area contributed by atoms with Gasteiger partial charge in [-0.15, -0.1) is 11.3 Å². The Bertz CT molecular complexity index is 1080. The summed E-state index contributed by atoms with van der Waals surface area (Å²) in [6.07, 6.45) is 1.51. The second kappa shape index (κ2) is 8.98. The first-order chi connectivity index (χ1) is 14.5. The van der Waals surface area contributed by atoms with Crippen LogP contribution in [0.5, 0.6) is 0 Å². The zero-order valence-electron chi connectivity index (χ0n) is 16.6. The summed E-state index contributed by atoms with van der Waals surface area (Å²) >= 11 is 7.53. The smallest absolute Gasteiger partial charge is 0.227 e. The van der Waals surface area contributed by atoms with Gasteiger partial charge in [-0.3, -0.25) is 9.59 Å². The fraction of sp³-hybridized carbons (Fsp3) is 0.261. The van der Waals surface area contributed by atoms with Crippen LogP contribution in [-0.4, -0.2) is 16.8 Å². The lowest BCUT2D eigenvalue weighted by molar-refractivity contribution is -0.122. The number of hydrogen-bond acceptors (Lipinski definition) is 4. The maximum atomic E-state index is 12.3. The lowest BCUT2D eigenvalue weighted by atomic mass is 9.89. The number of fused-ring (bicyclic) bond motifs is 1. The van der Waals surface area contributed by atoms with Gasteiger partial charge < -0.3 is 10.6 Å². The number of aromatic nitrogens is 1. The van der Waals surface area contributed by atoms with E-state index in [9.17, 15) is 9.59 Å². The molecule has 2 amide bonds. The van der Waals surface area contributed by atoms with Crippen molar-refractivity contribution in [1.82, 2.24) is 10.3 Å². The number of carbonyl (C=O) groups is 2. The van der Waals surface area contributed by atoms with Crippen LogP contribution in [0.4, 0.5) is 5.69 Å². The molecule has 0 saturated carbocycles. The number of benzene rings is 2. The van der Waals surface area contributed by atoms with Crippen LogP contribution >= 0.6 is 22.9 Å². The molecule has 2 heterocycles. The van der Waals surface area contributed by atoms with E-state index in [1.165, 1.54) is 0 Å². The highest BCUT2D eigenvalue weighted by Gasteiger charge is 2.26. The third kappa shape index (κ3) is 4.71. The van der Waals surface area contributed by atoms with Gasteiger partial charge in [-0.1, -0.05) is 41.9 Å². The summed E-state index contributed by atoms with van der Waals surface area (Å²) < 4.78 is 0. The van der Waals surface area contributed by atoms with E-state index in [4.69, 9.17) is 11.6 Å². The number of aryl methyl sites for hydroxylation is 1. The minimum Gasteiger partial charge on any atom is -0.350 e. The monoisotopic (exact) mass is 439 g/mol. The zero-order valence-corrected chi connectivity index (χ0v) is 18.1. The summed E-state index contributed by atoms with van der Waals surface area (Å²) in [6, 6.07) is 15.4. The Labute approximate surface area is 184 Å². The predicted octanol–water partition coefficient (Wildman–Crippen LogP) is 4.98. The van der Waals surface area contributed by atoms with E-state index >= 15 is 0 Å². The number of amides is 2. The minimum absolute atomic E-state index is 0.00958. The lowest BCUT2D eigenvalue weighted by Crippen LogP contribution is -2.31. The van der Waals surface area contributed by atoms with Gasteiger partial charge in [0.15, 0.2) is 0 Å². The molecule has 30 heavy (non-hydrogen) atoms. The van der Waals surface area contributed by atoms with Crippen molar-refractivity contribution < 1.29 is 9.59 Å². The van der Waals surface area contributed by atoms with Gasteiger partial charge >= 0.3 is 0 Å². The Morgan fingerprint density at radius 1 is 1.23 bits per heavy atom. The highest BCUT2D eigenvalue weighted by Crippen LogP contribution is 2.29. The van der Waals surface area contributed by atoms with E-state index in [1.807, 2.05) is 55.5 Å². The minimum atomic E-state index is -0.177. The van der Waals surface area contributed by atoms with Gasteiger partial charge in [0.1, 0.15) is 5.01 Å². The number of rotatable bonds is 6. The van der Waals surface area contributed by atoms with Crippen molar-refractivity contribution in [2.45, 2.75) is 32.7 Å². The van der Waals surface area contributed by atoms with Crippen LogP contribution in [0.25, 0.3) is 11.3 Å². The third-order valence-corrected chi connectivity index (χ3v) is 6.45.